The number of hydrogen-bond donors (Lipinski definition) is 1. The van der Waals surface area contributed by atoms with Gasteiger partial charge >= 0.3 is 0 Å². The number of aryl methyl sites for hydroxylation is 1. The van der Waals surface area contributed by atoms with E-state index in [9.17, 15) is 4.79 Å². The molecule has 22 heavy (non-hydrogen) atoms. The van der Waals surface area contributed by atoms with E-state index < -0.39 is 0 Å². The number of nitrogens with one attached hydrogen (secondary N) is 1. The van der Waals surface area contributed by atoms with Crippen LogP contribution in [0.25, 0.3) is 0 Å². The average Bonchev–Trinajstić information content (AvgIpc) is 2.51. The zero-order valence-corrected chi connectivity index (χ0v) is 14.6. The lowest BCUT2D eigenvalue weighted by Gasteiger charge is -2.32. The fourth-order valence-electron chi connectivity index (χ4n) is 2.81. The van der Waals surface area contributed by atoms with Gasteiger partial charge in [0.25, 0.3) is 0 Å². The molecule has 1 N–H and O–H groups in total. The summed E-state index contributed by atoms with van der Waals surface area (Å²) in [4.78, 5) is 15.8. The van der Waals surface area contributed by atoms with Gasteiger partial charge in [-0.3, -0.25) is 4.79 Å². The molecule has 1 amide bonds. The first-order valence-corrected chi connectivity index (χ1v) is 9.37. The second kappa shape index (κ2) is 9.21. The first kappa shape index (κ1) is 17.4. The maximum atomic E-state index is 12.0. The highest BCUT2D eigenvalue weighted by Crippen LogP contribution is 2.19. The van der Waals surface area contributed by atoms with Gasteiger partial charge in [0.2, 0.25) is 5.91 Å². The minimum Gasteiger partial charge on any atom is -0.353 e. The van der Waals surface area contributed by atoms with E-state index in [1.54, 1.807) is 11.8 Å². The summed E-state index contributed by atoms with van der Waals surface area (Å²) in [5, 5.41) is 3.20. The summed E-state index contributed by atoms with van der Waals surface area (Å²) >= 11 is 1.76. The van der Waals surface area contributed by atoms with Gasteiger partial charge in [-0.2, -0.15) is 0 Å². The number of thioether (sulfide) groups is 1. The quantitative estimate of drug-likeness (QED) is 0.781. The van der Waals surface area contributed by atoms with Crippen molar-refractivity contribution in [2.45, 2.75) is 50.5 Å². The highest BCUT2D eigenvalue weighted by atomic mass is 32.2. The van der Waals surface area contributed by atoms with Gasteiger partial charge in [0.05, 0.1) is 0 Å². The van der Waals surface area contributed by atoms with E-state index in [4.69, 9.17) is 0 Å². The fourth-order valence-corrected chi connectivity index (χ4v) is 3.66. The predicted octanol–water partition coefficient (Wildman–Crippen LogP) is 3.47. The molecule has 1 aliphatic heterocycles. The summed E-state index contributed by atoms with van der Waals surface area (Å²) in [7, 11) is 0. The van der Waals surface area contributed by atoms with Crippen molar-refractivity contribution in [3.8, 4) is 0 Å². The minimum atomic E-state index is 0.202. The van der Waals surface area contributed by atoms with Gasteiger partial charge in [-0.1, -0.05) is 24.6 Å². The summed E-state index contributed by atoms with van der Waals surface area (Å²) in [5.41, 5.74) is 1.27. The zero-order valence-electron chi connectivity index (χ0n) is 13.8. The van der Waals surface area contributed by atoms with Crippen molar-refractivity contribution in [2.24, 2.45) is 0 Å². The van der Waals surface area contributed by atoms with Crippen molar-refractivity contribution in [1.29, 1.82) is 0 Å². The van der Waals surface area contributed by atoms with Gasteiger partial charge in [0.1, 0.15) is 0 Å². The number of amides is 1. The van der Waals surface area contributed by atoms with Crippen LogP contribution in [0.3, 0.4) is 0 Å². The molecule has 0 atom stereocenters. The standard InChI is InChI=1S/C18H28N2OS/c1-3-11-20-12-8-16(9-13-20)19-18(21)10-14-22-17-6-4-15(2)5-7-17/h4-7,16H,3,8-14H2,1-2H3,(H,19,21). The van der Waals surface area contributed by atoms with Crippen LogP contribution >= 0.6 is 11.8 Å². The monoisotopic (exact) mass is 320 g/mol. The Bertz CT molecular complexity index is 453. The Labute approximate surface area is 138 Å². The third-order valence-electron chi connectivity index (χ3n) is 4.11. The van der Waals surface area contributed by atoms with Crippen LogP contribution in [0.5, 0.6) is 0 Å². The number of piperidine rings is 1. The maximum Gasteiger partial charge on any atom is 0.221 e. The molecule has 2 rings (SSSR count). The lowest BCUT2D eigenvalue weighted by atomic mass is 10.0. The second-order valence-electron chi connectivity index (χ2n) is 6.09. The first-order valence-electron chi connectivity index (χ1n) is 8.38. The Morgan fingerprint density at radius 1 is 1.27 bits per heavy atom. The van der Waals surface area contributed by atoms with Crippen LogP contribution < -0.4 is 5.32 Å². The number of benzene rings is 1. The minimum absolute atomic E-state index is 0.202. The van der Waals surface area contributed by atoms with Crippen LogP contribution in [-0.4, -0.2) is 42.2 Å². The van der Waals surface area contributed by atoms with Gasteiger partial charge in [-0.25, -0.2) is 0 Å². The van der Waals surface area contributed by atoms with Crippen molar-refractivity contribution in [3.05, 3.63) is 29.8 Å². The van der Waals surface area contributed by atoms with Crippen molar-refractivity contribution in [3.63, 3.8) is 0 Å². The van der Waals surface area contributed by atoms with Crippen LogP contribution in [0.1, 0.15) is 38.2 Å². The number of carbonyl (C=O) groups excluding carboxylic acids is 1. The number of nitrogens with zero attached hydrogens (tertiary/aromatic N) is 1. The molecule has 0 unspecified atom stereocenters. The van der Waals surface area contributed by atoms with Crippen LogP contribution in [0.4, 0.5) is 0 Å². The van der Waals surface area contributed by atoms with Crippen molar-refractivity contribution in [2.75, 3.05) is 25.4 Å². The van der Waals surface area contributed by atoms with Crippen LogP contribution in [-0.2, 0) is 4.79 Å². The molecule has 1 saturated heterocycles. The highest BCUT2D eigenvalue weighted by molar-refractivity contribution is 7.99. The van der Waals surface area contributed by atoms with Gasteiger partial charge in [0.15, 0.2) is 0 Å². The third-order valence-corrected chi connectivity index (χ3v) is 5.13. The number of likely N-dealkylation sites (tertiary alicyclic amines) is 1. The number of carbonyl (C=O) groups is 1. The average molecular weight is 321 g/mol. The fraction of sp³-hybridized carbons (Fsp3) is 0.611. The van der Waals surface area contributed by atoms with E-state index in [1.807, 2.05) is 0 Å². The van der Waals surface area contributed by atoms with Crippen LogP contribution in [0.2, 0.25) is 0 Å². The van der Waals surface area contributed by atoms with E-state index in [0.29, 0.717) is 12.5 Å². The number of hydrogen-bond acceptors (Lipinski definition) is 3. The summed E-state index contributed by atoms with van der Waals surface area (Å²) in [5.74, 6) is 1.05. The zero-order chi connectivity index (χ0) is 15.8. The van der Waals surface area contributed by atoms with Gasteiger partial charge in [-0.15, -0.1) is 11.8 Å². The third kappa shape index (κ3) is 6.01. The van der Waals surface area contributed by atoms with Gasteiger partial charge in [0, 0.05) is 36.2 Å². The van der Waals surface area contributed by atoms with Gasteiger partial charge in [-0.05, 0) is 44.9 Å². The largest absolute Gasteiger partial charge is 0.353 e. The van der Waals surface area contributed by atoms with Gasteiger partial charge < -0.3 is 10.2 Å². The molecule has 0 aliphatic carbocycles. The van der Waals surface area contributed by atoms with E-state index >= 15 is 0 Å². The van der Waals surface area contributed by atoms with Crippen molar-refractivity contribution >= 4 is 17.7 Å². The molecule has 1 aromatic rings. The molecule has 3 nitrogen and oxygen atoms in total. The smallest absolute Gasteiger partial charge is 0.221 e. The Balaban J connectivity index is 1.61. The lowest BCUT2D eigenvalue weighted by Crippen LogP contribution is -2.44. The summed E-state index contributed by atoms with van der Waals surface area (Å²) in [6, 6.07) is 8.87. The summed E-state index contributed by atoms with van der Waals surface area (Å²) < 4.78 is 0. The second-order valence-corrected chi connectivity index (χ2v) is 7.26. The molecular formula is C18H28N2OS. The molecular weight excluding hydrogens is 292 g/mol. The molecule has 1 aromatic carbocycles. The Kier molecular flexibility index (Phi) is 7.26. The van der Waals surface area contributed by atoms with E-state index in [-0.39, 0.29) is 5.91 Å². The molecule has 0 bridgehead atoms. The molecule has 1 heterocycles. The maximum absolute atomic E-state index is 12.0. The highest BCUT2D eigenvalue weighted by Gasteiger charge is 2.19. The Morgan fingerprint density at radius 3 is 2.59 bits per heavy atom. The van der Waals surface area contributed by atoms with E-state index in [1.165, 1.54) is 23.4 Å². The topological polar surface area (TPSA) is 32.3 Å². The molecule has 4 heteroatoms. The Morgan fingerprint density at radius 2 is 1.95 bits per heavy atom. The summed E-state index contributed by atoms with van der Waals surface area (Å²) in [6.45, 7) is 7.74. The number of rotatable bonds is 7. The lowest BCUT2D eigenvalue weighted by molar-refractivity contribution is -0.121. The molecule has 1 aliphatic rings. The molecule has 122 valence electrons. The molecule has 0 saturated carbocycles. The van der Waals surface area contributed by atoms with Crippen LogP contribution in [0, 0.1) is 6.92 Å². The van der Waals surface area contributed by atoms with E-state index in [2.05, 4.69) is 48.3 Å². The molecule has 0 radical (unpaired) electrons. The Hall–Kier alpha value is -1.00. The normalized spacial score (nSPS) is 16.6. The van der Waals surface area contributed by atoms with E-state index in [0.717, 1.165) is 31.7 Å². The molecule has 1 fully saturated rings. The predicted molar refractivity (Wildman–Crippen MR) is 94.4 cm³/mol. The molecule has 0 aromatic heterocycles. The van der Waals surface area contributed by atoms with Crippen molar-refractivity contribution < 1.29 is 4.79 Å². The first-order chi connectivity index (χ1) is 10.7. The van der Waals surface area contributed by atoms with Crippen LogP contribution in [0.15, 0.2) is 29.2 Å². The van der Waals surface area contributed by atoms with Crippen molar-refractivity contribution in [1.82, 2.24) is 10.2 Å². The SMILES string of the molecule is CCCN1CCC(NC(=O)CCSc2ccc(C)cc2)CC1. The summed E-state index contributed by atoms with van der Waals surface area (Å²) in [6.07, 6.45) is 4.01. The molecule has 0 spiro atoms.